The highest BCUT2D eigenvalue weighted by Gasteiger charge is 2.31. The lowest BCUT2D eigenvalue weighted by Gasteiger charge is -2.39. The number of fused-ring (bicyclic) bond motifs is 2. The highest BCUT2D eigenvalue weighted by Crippen LogP contribution is 2.38. The molecule has 2 aromatic heterocycles. The largest absolute Gasteiger partial charge is 0.449 e. The van der Waals surface area contributed by atoms with Crippen LogP contribution in [0.5, 0.6) is 0 Å². The SMILES string of the molecule is CCCOC(=O)N1CCN(C(=O)c2ccc3c(Cl)c4c(nc3c2)CC(c2ccc(F)cn2)CC4)[C@@H](C)C1. The van der Waals surface area contributed by atoms with Crippen molar-refractivity contribution in [2.24, 2.45) is 0 Å². The fourth-order valence-electron chi connectivity index (χ4n) is 5.27. The third kappa shape index (κ3) is 5.12. The number of nitrogens with zero attached hydrogens (tertiary/aromatic N) is 4. The molecule has 9 heteroatoms. The number of carbonyl (C=O) groups excluding carboxylic acids is 2. The summed E-state index contributed by atoms with van der Waals surface area (Å²) in [5.41, 5.74) is 4.00. The van der Waals surface area contributed by atoms with E-state index < -0.39 is 0 Å². The van der Waals surface area contributed by atoms with E-state index >= 15 is 0 Å². The standard InChI is InChI=1S/C28H30ClFN4O3/c1-3-12-37-28(36)33-10-11-34(17(2)16-33)27(35)19-5-8-22-25(14-19)32-24-13-18(4-7-21(24)26(22)29)23-9-6-20(30)15-31-23/h5-6,8-9,14-15,17-18H,3-4,7,10-13,16H2,1-2H3/t17-,18?/m0/s1. The summed E-state index contributed by atoms with van der Waals surface area (Å²) in [5.74, 6) is -0.309. The van der Waals surface area contributed by atoms with Gasteiger partial charge in [-0.15, -0.1) is 0 Å². The van der Waals surface area contributed by atoms with Gasteiger partial charge in [0.15, 0.2) is 0 Å². The van der Waals surface area contributed by atoms with Crippen LogP contribution in [-0.2, 0) is 17.6 Å². The Bertz CT molecular complexity index is 1330. The Labute approximate surface area is 220 Å². The van der Waals surface area contributed by atoms with Crippen molar-refractivity contribution in [2.75, 3.05) is 26.2 Å². The minimum atomic E-state index is -0.350. The first-order valence-electron chi connectivity index (χ1n) is 12.8. The van der Waals surface area contributed by atoms with Crippen LogP contribution in [0.3, 0.4) is 0 Å². The number of hydrogen-bond acceptors (Lipinski definition) is 5. The number of piperazine rings is 1. The van der Waals surface area contributed by atoms with Crippen molar-refractivity contribution in [3.63, 3.8) is 0 Å². The maximum atomic E-state index is 13.4. The molecule has 5 rings (SSSR count). The summed E-state index contributed by atoms with van der Waals surface area (Å²) in [6.07, 6.45) is 3.99. The summed E-state index contributed by atoms with van der Waals surface area (Å²) >= 11 is 6.81. The summed E-state index contributed by atoms with van der Waals surface area (Å²) in [4.78, 5) is 38.3. The van der Waals surface area contributed by atoms with E-state index in [-0.39, 0.29) is 29.8 Å². The molecule has 2 amide bonds. The molecular formula is C28H30ClFN4O3. The van der Waals surface area contributed by atoms with Gasteiger partial charge in [-0.25, -0.2) is 9.18 Å². The Balaban J connectivity index is 1.36. The molecule has 1 fully saturated rings. The maximum Gasteiger partial charge on any atom is 0.409 e. The van der Waals surface area contributed by atoms with Crippen LogP contribution in [0.4, 0.5) is 9.18 Å². The second-order valence-electron chi connectivity index (χ2n) is 9.83. The zero-order valence-corrected chi connectivity index (χ0v) is 21.8. The smallest absolute Gasteiger partial charge is 0.409 e. The number of rotatable bonds is 4. The van der Waals surface area contributed by atoms with Crippen molar-refractivity contribution in [1.82, 2.24) is 19.8 Å². The molecule has 0 saturated carbocycles. The minimum Gasteiger partial charge on any atom is -0.449 e. The predicted octanol–water partition coefficient (Wildman–Crippen LogP) is 5.39. The van der Waals surface area contributed by atoms with E-state index in [1.54, 1.807) is 28.0 Å². The maximum absolute atomic E-state index is 13.4. The number of halogens is 2. The van der Waals surface area contributed by atoms with Crippen LogP contribution in [0.1, 0.15) is 59.9 Å². The van der Waals surface area contributed by atoms with Crippen molar-refractivity contribution in [3.8, 4) is 0 Å². The Morgan fingerprint density at radius 3 is 2.78 bits per heavy atom. The van der Waals surface area contributed by atoms with Crippen molar-refractivity contribution in [2.45, 2.75) is 51.5 Å². The lowest BCUT2D eigenvalue weighted by atomic mass is 9.84. The topological polar surface area (TPSA) is 75.6 Å². The van der Waals surface area contributed by atoms with Gasteiger partial charge in [0.25, 0.3) is 5.91 Å². The number of pyridine rings is 2. The highest BCUT2D eigenvalue weighted by molar-refractivity contribution is 6.36. The second-order valence-corrected chi connectivity index (χ2v) is 10.2. The molecule has 3 aromatic rings. The van der Waals surface area contributed by atoms with E-state index in [2.05, 4.69) is 4.98 Å². The Morgan fingerprint density at radius 1 is 1.22 bits per heavy atom. The summed E-state index contributed by atoms with van der Waals surface area (Å²) in [7, 11) is 0. The normalized spacial score (nSPS) is 19.6. The number of amides is 2. The number of ether oxygens (including phenoxy) is 1. The minimum absolute atomic E-state index is 0.0972. The fraction of sp³-hybridized carbons (Fsp3) is 0.429. The van der Waals surface area contributed by atoms with Gasteiger partial charge in [-0.05, 0) is 62.4 Å². The van der Waals surface area contributed by atoms with Gasteiger partial charge in [-0.1, -0.05) is 24.6 Å². The van der Waals surface area contributed by atoms with E-state index in [9.17, 15) is 14.0 Å². The lowest BCUT2D eigenvalue weighted by Crippen LogP contribution is -2.55. The number of hydrogen-bond donors (Lipinski definition) is 0. The first kappa shape index (κ1) is 25.4. The van der Waals surface area contributed by atoms with Gasteiger partial charge in [0.1, 0.15) is 5.82 Å². The van der Waals surface area contributed by atoms with E-state index in [1.807, 2.05) is 19.9 Å². The molecule has 1 aliphatic carbocycles. The molecule has 0 N–H and O–H groups in total. The quantitative estimate of drug-likeness (QED) is 0.457. The third-order valence-corrected chi connectivity index (χ3v) is 7.71. The van der Waals surface area contributed by atoms with Gasteiger partial charge in [-0.2, -0.15) is 0 Å². The number of aromatic nitrogens is 2. The first-order valence-corrected chi connectivity index (χ1v) is 13.2. The molecule has 37 heavy (non-hydrogen) atoms. The average molecular weight is 525 g/mol. The Hall–Kier alpha value is -3.26. The zero-order valence-electron chi connectivity index (χ0n) is 21.0. The van der Waals surface area contributed by atoms with Crippen LogP contribution in [0.25, 0.3) is 10.9 Å². The van der Waals surface area contributed by atoms with Crippen LogP contribution >= 0.6 is 11.6 Å². The zero-order chi connectivity index (χ0) is 26.1. The van der Waals surface area contributed by atoms with Gasteiger partial charge >= 0.3 is 6.09 Å². The predicted molar refractivity (Wildman–Crippen MR) is 139 cm³/mol. The van der Waals surface area contributed by atoms with Crippen LogP contribution in [-0.4, -0.2) is 64.1 Å². The summed E-state index contributed by atoms with van der Waals surface area (Å²) < 4.78 is 18.6. The summed E-state index contributed by atoms with van der Waals surface area (Å²) in [6, 6.07) is 8.50. The molecule has 1 aromatic carbocycles. The lowest BCUT2D eigenvalue weighted by molar-refractivity contribution is 0.0414. The molecule has 0 radical (unpaired) electrons. The molecule has 3 heterocycles. The molecule has 1 aliphatic heterocycles. The highest BCUT2D eigenvalue weighted by atomic mass is 35.5. The number of benzene rings is 1. The molecule has 2 aliphatic rings. The molecule has 0 spiro atoms. The molecule has 0 bridgehead atoms. The van der Waals surface area contributed by atoms with Gasteiger partial charge in [0.05, 0.1) is 23.3 Å². The molecule has 194 valence electrons. The van der Waals surface area contributed by atoms with Crippen molar-refractivity contribution in [3.05, 3.63) is 69.9 Å². The average Bonchev–Trinajstić information content (AvgIpc) is 2.91. The summed E-state index contributed by atoms with van der Waals surface area (Å²) in [6.45, 7) is 5.58. The second kappa shape index (κ2) is 10.6. The monoisotopic (exact) mass is 524 g/mol. The fourth-order valence-corrected chi connectivity index (χ4v) is 5.64. The first-order chi connectivity index (χ1) is 17.9. The number of carbonyl (C=O) groups is 2. The van der Waals surface area contributed by atoms with Gasteiger partial charge in [0, 0.05) is 53.9 Å². The molecule has 1 saturated heterocycles. The third-order valence-electron chi connectivity index (χ3n) is 7.28. The summed E-state index contributed by atoms with van der Waals surface area (Å²) in [5, 5.41) is 1.50. The van der Waals surface area contributed by atoms with Gasteiger partial charge in [-0.3, -0.25) is 14.8 Å². The van der Waals surface area contributed by atoms with Crippen LogP contribution in [0, 0.1) is 5.82 Å². The van der Waals surface area contributed by atoms with Crippen LogP contribution in [0.15, 0.2) is 36.5 Å². The molecule has 2 atom stereocenters. The van der Waals surface area contributed by atoms with E-state index in [0.29, 0.717) is 48.8 Å². The van der Waals surface area contributed by atoms with Crippen molar-refractivity contribution in [1.29, 1.82) is 0 Å². The molecular weight excluding hydrogens is 495 g/mol. The molecule has 1 unspecified atom stereocenters. The molecule has 7 nitrogen and oxygen atoms in total. The van der Waals surface area contributed by atoms with E-state index in [1.165, 1.54) is 12.3 Å². The van der Waals surface area contributed by atoms with Crippen LogP contribution in [0.2, 0.25) is 5.02 Å². The Morgan fingerprint density at radius 2 is 2.05 bits per heavy atom. The van der Waals surface area contributed by atoms with Crippen molar-refractivity contribution >= 4 is 34.5 Å². The van der Waals surface area contributed by atoms with E-state index in [4.69, 9.17) is 21.3 Å². The van der Waals surface area contributed by atoms with Crippen LogP contribution < -0.4 is 0 Å². The van der Waals surface area contributed by atoms with E-state index in [0.717, 1.165) is 41.6 Å². The Kier molecular flexibility index (Phi) is 7.29. The van der Waals surface area contributed by atoms with Crippen molar-refractivity contribution < 1.29 is 18.7 Å². The van der Waals surface area contributed by atoms with Gasteiger partial charge in [0.2, 0.25) is 0 Å². The van der Waals surface area contributed by atoms with Gasteiger partial charge < -0.3 is 14.5 Å².